The van der Waals surface area contributed by atoms with Crippen LogP contribution >= 0.6 is 0 Å². The van der Waals surface area contributed by atoms with E-state index in [0.717, 1.165) is 29.8 Å². The molecule has 7 heteroatoms. The first-order chi connectivity index (χ1) is 11.6. The topological polar surface area (TPSA) is 94.8 Å². The summed E-state index contributed by atoms with van der Waals surface area (Å²) in [4.78, 5) is 24.6. The van der Waals surface area contributed by atoms with Gasteiger partial charge in [0, 0.05) is 0 Å². The minimum absolute atomic E-state index is 0.0159. The average Bonchev–Trinajstić information content (AvgIpc) is 2.83. The van der Waals surface area contributed by atoms with E-state index in [9.17, 15) is 9.59 Å². The van der Waals surface area contributed by atoms with Gasteiger partial charge in [0.2, 0.25) is 0 Å². The number of hydrazone groups is 1. The lowest BCUT2D eigenvalue weighted by molar-refractivity contribution is -0.132. The highest BCUT2D eigenvalue weighted by Gasteiger charge is 2.51. The van der Waals surface area contributed by atoms with Crippen LogP contribution in [0.2, 0.25) is 0 Å². The highest BCUT2D eigenvalue weighted by molar-refractivity contribution is 6.07. The number of urea groups is 1. The molecule has 0 unspecified atom stereocenters. The maximum absolute atomic E-state index is 12.6. The highest BCUT2D eigenvalue weighted by Crippen LogP contribution is 2.33. The molecule has 1 aliphatic heterocycles. The molecule has 1 aromatic rings. The van der Waals surface area contributed by atoms with Crippen LogP contribution in [0.5, 0.6) is 5.75 Å². The van der Waals surface area contributed by atoms with E-state index < -0.39 is 11.6 Å². The van der Waals surface area contributed by atoms with E-state index in [1.54, 1.807) is 24.3 Å². The second-order valence-corrected chi connectivity index (χ2v) is 5.95. The Hall–Kier alpha value is -2.88. The Morgan fingerprint density at radius 1 is 1.25 bits per heavy atom. The fourth-order valence-corrected chi connectivity index (χ4v) is 3.10. The quantitative estimate of drug-likeness (QED) is 0.677. The normalized spacial score (nSPS) is 19.5. The molecule has 1 aromatic carbocycles. The number of imide groups is 1. The molecule has 7 nitrogen and oxygen atoms in total. The minimum atomic E-state index is -0.762. The van der Waals surface area contributed by atoms with E-state index in [2.05, 4.69) is 10.4 Å². The Kier molecular flexibility index (Phi) is 4.47. The fraction of sp³-hybridized carbons (Fsp3) is 0.412. The van der Waals surface area contributed by atoms with E-state index in [0.29, 0.717) is 18.6 Å². The van der Waals surface area contributed by atoms with Gasteiger partial charge >= 0.3 is 6.03 Å². The molecule has 3 rings (SSSR count). The summed E-state index contributed by atoms with van der Waals surface area (Å²) >= 11 is 0. The van der Waals surface area contributed by atoms with Gasteiger partial charge in [0.15, 0.2) is 6.61 Å². The molecule has 1 N–H and O–H groups in total. The SMILES string of the molecule is N#CCOc1ccc(/C=N\N2C(=O)NC3(CCCCC3)C2=O)cc1. The smallest absolute Gasteiger partial charge is 0.346 e. The monoisotopic (exact) mass is 326 g/mol. The van der Waals surface area contributed by atoms with Crippen molar-refractivity contribution in [1.29, 1.82) is 5.26 Å². The van der Waals surface area contributed by atoms with Gasteiger partial charge in [-0.25, -0.2) is 4.79 Å². The van der Waals surface area contributed by atoms with Crippen molar-refractivity contribution >= 4 is 18.2 Å². The number of nitriles is 1. The van der Waals surface area contributed by atoms with Gasteiger partial charge < -0.3 is 10.1 Å². The van der Waals surface area contributed by atoms with Crippen molar-refractivity contribution in [3.63, 3.8) is 0 Å². The third-order valence-corrected chi connectivity index (χ3v) is 4.35. The molecular formula is C17H18N4O3. The third kappa shape index (κ3) is 3.08. The molecule has 1 heterocycles. The number of ether oxygens (including phenoxy) is 1. The second kappa shape index (κ2) is 6.71. The number of nitrogens with one attached hydrogen (secondary N) is 1. The van der Waals surface area contributed by atoms with Gasteiger partial charge in [0.25, 0.3) is 5.91 Å². The summed E-state index contributed by atoms with van der Waals surface area (Å²) in [5.41, 5.74) is -0.0358. The Labute approximate surface area is 139 Å². The summed E-state index contributed by atoms with van der Waals surface area (Å²) in [6, 6.07) is 8.31. The van der Waals surface area contributed by atoms with E-state index in [4.69, 9.17) is 10.00 Å². The summed E-state index contributed by atoms with van der Waals surface area (Å²) in [5.74, 6) is 0.308. The lowest BCUT2D eigenvalue weighted by Gasteiger charge is -2.29. The van der Waals surface area contributed by atoms with Crippen LogP contribution in [0, 0.1) is 11.3 Å². The molecule has 2 fully saturated rings. The Morgan fingerprint density at radius 3 is 2.62 bits per heavy atom. The van der Waals surface area contributed by atoms with Crippen molar-refractivity contribution in [1.82, 2.24) is 10.3 Å². The molecule has 24 heavy (non-hydrogen) atoms. The molecule has 3 amide bonds. The maximum atomic E-state index is 12.6. The van der Waals surface area contributed by atoms with Crippen molar-refractivity contribution < 1.29 is 14.3 Å². The number of benzene rings is 1. The van der Waals surface area contributed by atoms with Crippen molar-refractivity contribution in [2.45, 2.75) is 37.6 Å². The molecule has 1 saturated carbocycles. The largest absolute Gasteiger partial charge is 0.479 e. The number of nitrogens with zero attached hydrogens (tertiary/aromatic N) is 3. The number of carbonyl (C=O) groups is 2. The Morgan fingerprint density at radius 2 is 1.96 bits per heavy atom. The van der Waals surface area contributed by atoms with Gasteiger partial charge in [-0.3, -0.25) is 4.79 Å². The molecule has 1 saturated heterocycles. The van der Waals surface area contributed by atoms with Gasteiger partial charge in [0.1, 0.15) is 17.4 Å². The van der Waals surface area contributed by atoms with Crippen LogP contribution in [0.1, 0.15) is 37.7 Å². The van der Waals surface area contributed by atoms with Crippen LogP contribution in [-0.4, -0.2) is 35.3 Å². The summed E-state index contributed by atoms with van der Waals surface area (Å²) in [7, 11) is 0. The van der Waals surface area contributed by atoms with Crippen molar-refractivity contribution in [2.24, 2.45) is 5.10 Å². The molecule has 0 bridgehead atoms. The molecule has 0 radical (unpaired) electrons. The zero-order valence-corrected chi connectivity index (χ0v) is 13.2. The van der Waals surface area contributed by atoms with Crippen molar-refractivity contribution in [3.8, 4) is 11.8 Å². The number of hydrogen-bond acceptors (Lipinski definition) is 5. The van der Waals surface area contributed by atoms with Crippen LogP contribution in [-0.2, 0) is 4.79 Å². The predicted octanol–water partition coefficient (Wildman–Crippen LogP) is 2.18. The van der Waals surface area contributed by atoms with Crippen LogP contribution in [0.4, 0.5) is 4.79 Å². The number of rotatable bonds is 4. The van der Waals surface area contributed by atoms with E-state index in [1.165, 1.54) is 6.21 Å². The molecule has 2 aliphatic rings. The molecule has 0 atom stereocenters. The fourth-order valence-electron chi connectivity index (χ4n) is 3.10. The molecule has 1 aliphatic carbocycles. The first-order valence-corrected chi connectivity index (χ1v) is 7.95. The number of amides is 3. The zero-order chi connectivity index (χ0) is 17.0. The second-order valence-electron chi connectivity index (χ2n) is 5.95. The van der Waals surface area contributed by atoms with Gasteiger partial charge in [-0.2, -0.15) is 10.4 Å². The van der Waals surface area contributed by atoms with Crippen molar-refractivity contribution in [3.05, 3.63) is 29.8 Å². The maximum Gasteiger partial charge on any atom is 0.346 e. The average molecular weight is 326 g/mol. The summed E-state index contributed by atoms with van der Waals surface area (Å²) in [6.07, 6.45) is 5.78. The van der Waals surface area contributed by atoms with Crippen LogP contribution in [0.15, 0.2) is 29.4 Å². The van der Waals surface area contributed by atoms with Crippen LogP contribution in [0.25, 0.3) is 0 Å². The van der Waals surface area contributed by atoms with Crippen molar-refractivity contribution in [2.75, 3.05) is 6.61 Å². The number of hydrogen-bond donors (Lipinski definition) is 1. The first-order valence-electron chi connectivity index (χ1n) is 7.95. The summed E-state index contributed by atoms with van der Waals surface area (Å²) < 4.78 is 5.16. The first kappa shape index (κ1) is 16.0. The highest BCUT2D eigenvalue weighted by atomic mass is 16.5. The molecule has 124 valence electrons. The summed E-state index contributed by atoms with van der Waals surface area (Å²) in [5, 5.41) is 16.3. The molecule has 1 spiro atoms. The van der Waals surface area contributed by atoms with Gasteiger partial charge in [-0.15, -0.1) is 5.01 Å². The van der Waals surface area contributed by atoms with Gasteiger partial charge in [-0.05, 0) is 42.7 Å². The van der Waals surface area contributed by atoms with Gasteiger partial charge in [0.05, 0.1) is 6.21 Å². The summed E-state index contributed by atoms with van der Waals surface area (Å²) in [6.45, 7) is -0.0159. The Balaban J connectivity index is 1.69. The standard InChI is InChI=1S/C17H18N4O3/c18-10-11-24-14-6-4-13(5-7-14)12-19-21-15(22)17(20-16(21)23)8-2-1-3-9-17/h4-7,12H,1-3,8-9,11H2,(H,20,23)/b19-12-. The predicted molar refractivity (Wildman–Crippen MR) is 86.3 cm³/mol. The Bertz CT molecular complexity index is 700. The van der Waals surface area contributed by atoms with E-state index in [-0.39, 0.29) is 12.5 Å². The minimum Gasteiger partial charge on any atom is -0.479 e. The molecule has 0 aromatic heterocycles. The third-order valence-electron chi connectivity index (χ3n) is 4.35. The van der Waals surface area contributed by atoms with E-state index >= 15 is 0 Å². The van der Waals surface area contributed by atoms with Crippen LogP contribution < -0.4 is 10.1 Å². The lowest BCUT2D eigenvalue weighted by atomic mass is 9.82. The van der Waals surface area contributed by atoms with Crippen LogP contribution in [0.3, 0.4) is 0 Å². The number of carbonyl (C=O) groups excluding carboxylic acids is 2. The lowest BCUT2D eigenvalue weighted by Crippen LogP contribution is -2.48. The van der Waals surface area contributed by atoms with E-state index in [1.807, 2.05) is 6.07 Å². The zero-order valence-electron chi connectivity index (χ0n) is 13.2. The molecular weight excluding hydrogens is 308 g/mol. The van der Waals surface area contributed by atoms with Gasteiger partial charge in [-0.1, -0.05) is 19.3 Å².